The highest BCUT2D eigenvalue weighted by molar-refractivity contribution is 7.92. The van der Waals surface area contributed by atoms with E-state index in [4.69, 9.17) is 13.9 Å². The maximum Gasteiger partial charge on any atom is 0.304 e. The first-order chi connectivity index (χ1) is 13.8. The van der Waals surface area contributed by atoms with Crippen molar-refractivity contribution in [3.8, 4) is 0 Å². The molecule has 0 N–H and O–H groups in total. The van der Waals surface area contributed by atoms with E-state index in [0.717, 1.165) is 12.8 Å². The maximum absolute atomic E-state index is 13.4. The van der Waals surface area contributed by atoms with E-state index in [1.165, 1.54) is 6.92 Å². The van der Waals surface area contributed by atoms with Crippen LogP contribution >= 0.6 is 0 Å². The largest absolute Gasteiger partial charge is 0.434 e. The number of sulfone groups is 1. The summed E-state index contributed by atoms with van der Waals surface area (Å²) in [6.07, 6.45) is 1.34. The van der Waals surface area contributed by atoms with Crippen molar-refractivity contribution in [1.82, 2.24) is 0 Å². The van der Waals surface area contributed by atoms with Crippen molar-refractivity contribution in [2.24, 2.45) is 0 Å². The number of carbonyl (C=O) groups is 1. The van der Waals surface area contributed by atoms with Crippen LogP contribution in [0, 0.1) is 0 Å². The molecule has 0 radical (unpaired) electrons. The van der Waals surface area contributed by atoms with Gasteiger partial charge in [0.1, 0.15) is 5.25 Å². The molecular weight excluding hydrogens is 420 g/mol. The average Bonchev–Trinajstić information content (AvgIpc) is 3.18. The quantitative estimate of drug-likeness (QED) is 0.483. The van der Waals surface area contributed by atoms with Gasteiger partial charge in [-0.2, -0.15) is 0 Å². The molecule has 0 bridgehead atoms. The Labute approximate surface area is 181 Å². The van der Waals surface area contributed by atoms with E-state index in [1.54, 1.807) is 30.3 Å². The minimum absolute atomic E-state index is 0.0280. The highest BCUT2D eigenvalue weighted by Gasteiger charge is 2.60. The third kappa shape index (κ3) is 4.37. The van der Waals surface area contributed by atoms with Crippen molar-refractivity contribution in [3.05, 3.63) is 30.3 Å². The van der Waals surface area contributed by atoms with Crippen molar-refractivity contribution in [1.29, 1.82) is 0 Å². The summed E-state index contributed by atoms with van der Waals surface area (Å²) in [5.41, 5.74) is -0.748. The summed E-state index contributed by atoms with van der Waals surface area (Å²) >= 11 is 0. The summed E-state index contributed by atoms with van der Waals surface area (Å²) in [6.45, 7) is 12.2. The van der Waals surface area contributed by atoms with E-state index in [0.29, 0.717) is 6.42 Å². The van der Waals surface area contributed by atoms with Gasteiger partial charge in [0.2, 0.25) is 6.29 Å². The Hall–Kier alpha value is -1.22. The zero-order valence-electron chi connectivity index (χ0n) is 18.8. The molecule has 3 rings (SSSR count). The van der Waals surface area contributed by atoms with Crippen LogP contribution in [0.2, 0.25) is 18.1 Å². The van der Waals surface area contributed by atoms with Gasteiger partial charge in [0.15, 0.2) is 18.2 Å². The van der Waals surface area contributed by atoms with Crippen LogP contribution in [0.15, 0.2) is 35.2 Å². The lowest BCUT2D eigenvalue weighted by atomic mass is 9.96. The number of benzene rings is 1. The molecule has 8 heteroatoms. The zero-order chi connectivity index (χ0) is 22.4. The van der Waals surface area contributed by atoms with E-state index in [2.05, 4.69) is 33.9 Å². The Morgan fingerprint density at radius 1 is 1.20 bits per heavy atom. The average molecular weight is 455 g/mol. The smallest absolute Gasteiger partial charge is 0.304 e. The fraction of sp³-hybridized carbons (Fsp3) is 0.682. The van der Waals surface area contributed by atoms with Crippen LogP contribution in [0.25, 0.3) is 0 Å². The fourth-order valence-electron chi connectivity index (χ4n) is 4.17. The van der Waals surface area contributed by atoms with Gasteiger partial charge in [0.05, 0.1) is 16.6 Å². The SMILES string of the molecule is CC(=O)OC1OC2(CCC[C@@H]2O[Si](C)(C)C(C)(C)C)C[C@H]1S(=O)(=O)c1ccccc1. The summed E-state index contributed by atoms with van der Waals surface area (Å²) in [5.74, 6) is -0.551. The lowest BCUT2D eigenvalue weighted by Gasteiger charge is -2.42. The zero-order valence-corrected chi connectivity index (χ0v) is 20.6. The first-order valence-electron chi connectivity index (χ1n) is 10.6. The van der Waals surface area contributed by atoms with Gasteiger partial charge in [-0.25, -0.2) is 8.42 Å². The van der Waals surface area contributed by atoms with Gasteiger partial charge < -0.3 is 13.9 Å². The number of rotatable bonds is 5. The topological polar surface area (TPSA) is 78.9 Å². The molecule has 4 atom stereocenters. The first kappa shape index (κ1) is 23.4. The third-order valence-electron chi connectivity index (χ3n) is 6.85. The monoisotopic (exact) mass is 454 g/mol. The summed E-state index contributed by atoms with van der Waals surface area (Å²) < 4.78 is 45.2. The van der Waals surface area contributed by atoms with Gasteiger partial charge in [0, 0.05) is 13.3 Å². The molecule has 0 amide bonds. The molecule has 1 aromatic rings. The lowest BCUT2D eigenvalue weighted by Crippen LogP contribution is -2.50. The molecule has 0 aromatic heterocycles. The first-order valence-corrected chi connectivity index (χ1v) is 15.1. The Balaban J connectivity index is 1.94. The molecule has 2 aliphatic rings. The normalized spacial score (nSPS) is 30.0. The van der Waals surface area contributed by atoms with E-state index < -0.39 is 41.3 Å². The van der Waals surface area contributed by atoms with Crippen LogP contribution < -0.4 is 0 Å². The maximum atomic E-state index is 13.4. The number of ether oxygens (including phenoxy) is 2. The highest BCUT2D eigenvalue weighted by Crippen LogP contribution is 2.50. The Kier molecular flexibility index (Phi) is 6.28. The standard InChI is InChI=1S/C22H34O6SSi/c1-16(23)26-20-18(29(24,25)17-11-8-7-9-12-17)15-22(27-20)14-10-13-19(22)28-30(5,6)21(2,3)4/h7-9,11-12,18-20H,10,13-15H2,1-6H3/t18-,19+,20?,22?/m1/s1. The fourth-order valence-corrected chi connectivity index (χ4v) is 7.36. The molecule has 30 heavy (non-hydrogen) atoms. The Morgan fingerprint density at radius 3 is 2.40 bits per heavy atom. The van der Waals surface area contributed by atoms with Crippen molar-refractivity contribution in [3.63, 3.8) is 0 Å². The van der Waals surface area contributed by atoms with Gasteiger partial charge >= 0.3 is 5.97 Å². The van der Waals surface area contributed by atoms with Gasteiger partial charge in [0.25, 0.3) is 0 Å². The minimum Gasteiger partial charge on any atom is -0.434 e. The van der Waals surface area contributed by atoms with Crippen LogP contribution in [-0.2, 0) is 28.5 Å². The third-order valence-corrected chi connectivity index (χ3v) is 13.5. The molecule has 1 aromatic carbocycles. The van der Waals surface area contributed by atoms with Crippen LogP contribution in [-0.4, -0.2) is 45.9 Å². The van der Waals surface area contributed by atoms with Crippen LogP contribution in [0.4, 0.5) is 0 Å². The minimum atomic E-state index is -3.74. The molecule has 1 aliphatic heterocycles. The molecule has 168 valence electrons. The number of hydrogen-bond donors (Lipinski definition) is 0. The predicted octanol–water partition coefficient (Wildman–Crippen LogP) is 4.45. The predicted molar refractivity (Wildman–Crippen MR) is 117 cm³/mol. The second kappa shape index (κ2) is 8.04. The highest BCUT2D eigenvalue weighted by atomic mass is 32.2. The van der Waals surface area contributed by atoms with E-state index in [9.17, 15) is 13.2 Å². The molecule has 2 unspecified atom stereocenters. The molecule has 1 saturated carbocycles. The summed E-state index contributed by atoms with van der Waals surface area (Å²) in [6, 6.07) is 8.30. The van der Waals surface area contributed by atoms with Gasteiger partial charge in [-0.15, -0.1) is 0 Å². The second-order valence-electron chi connectivity index (χ2n) is 10.0. The van der Waals surface area contributed by atoms with Crippen molar-refractivity contribution >= 4 is 24.1 Å². The van der Waals surface area contributed by atoms with Crippen molar-refractivity contribution < 1.29 is 27.1 Å². The van der Waals surface area contributed by atoms with Crippen LogP contribution in [0.5, 0.6) is 0 Å². The van der Waals surface area contributed by atoms with Crippen LogP contribution in [0.3, 0.4) is 0 Å². The number of esters is 1. The summed E-state index contributed by atoms with van der Waals surface area (Å²) in [4.78, 5) is 11.9. The molecule has 1 spiro atoms. The molecule has 1 aliphatic carbocycles. The van der Waals surface area contributed by atoms with Crippen molar-refractivity contribution in [2.75, 3.05) is 0 Å². The number of hydrogen-bond acceptors (Lipinski definition) is 6. The lowest BCUT2D eigenvalue weighted by molar-refractivity contribution is -0.195. The molecule has 6 nitrogen and oxygen atoms in total. The molecule has 2 fully saturated rings. The van der Waals surface area contributed by atoms with E-state index >= 15 is 0 Å². The van der Waals surface area contributed by atoms with E-state index in [1.807, 2.05) is 0 Å². The Bertz CT molecular complexity index is 877. The second-order valence-corrected chi connectivity index (χ2v) is 16.9. The van der Waals surface area contributed by atoms with Crippen molar-refractivity contribution in [2.45, 2.75) is 99.7 Å². The molecule has 1 saturated heterocycles. The van der Waals surface area contributed by atoms with Gasteiger partial charge in [-0.1, -0.05) is 39.0 Å². The summed E-state index contributed by atoms with van der Waals surface area (Å²) in [7, 11) is -5.83. The van der Waals surface area contributed by atoms with Gasteiger partial charge in [-0.3, -0.25) is 4.79 Å². The Morgan fingerprint density at radius 2 is 1.83 bits per heavy atom. The molecular formula is C22H34O6SSi. The van der Waals surface area contributed by atoms with Gasteiger partial charge in [-0.05, 0) is 49.5 Å². The van der Waals surface area contributed by atoms with Crippen LogP contribution in [0.1, 0.15) is 53.4 Å². The summed E-state index contributed by atoms with van der Waals surface area (Å²) in [5, 5.41) is -0.924. The molecule has 1 heterocycles. The number of carbonyl (C=O) groups excluding carboxylic acids is 1. The van der Waals surface area contributed by atoms with E-state index in [-0.39, 0.29) is 22.5 Å².